The van der Waals surface area contributed by atoms with E-state index < -0.39 is 23.7 Å². The average Bonchev–Trinajstić information content (AvgIpc) is 1.80. The molecule has 0 aromatic rings. The minimum Gasteiger partial charge on any atom is -0.455 e. The van der Waals surface area contributed by atoms with Crippen LogP contribution in [-0.2, 0) is 9.53 Å². The lowest BCUT2D eigenvalue weighted by Crippen LogP contribution is -2.47. The second-order valence-electron chi connectivity index (χ2n) is 3.57. The molecule has 0 heterocycles. The van der Waals surface area contributed by atoms with Crippen molar-refractivity contribution in [3.8, 4) is 0 Å². The Morgan fingerprint density at radius 3 is 1.57 bits per heavy atom. The smallest absolute Gasteiger partial charge is 0.455 e. The normalized spacial score (nSPS) is 14.0. The van der Waals surface area contributed by atoms with E-state index >= 15 is 0 Å². The highest BCUT2D eigenvalue weighted by Crippen LogP contribution is 2.37. The SMILES string of the molecule is CC(C)(C)OC(=O)C(F)(F)C(F)(F)F. The fourth-order valence-corrected chi connectivity index (χ4v) is 0.458. The summed E-state index contributed by atoms with van der Waals surface area (Å²) < 4.78 is 63.3. The molecule has 0 fully saturated rings. The quantitative estimate of drug-likeness (QED) is 0.501. The molecular formula is C7H9F5O2. The molecule has 0 saturated carbocycles. The van der Waals surface area contributed by atoms with E-state index in [9.17, 15) is 26.7 Å². The molecule has 0 bridgehead atoms. The van der Waals surface area contributed by atoms with E-state index in [1.54, 1.807) is 0 Å². The minimum atomic E-state index is -5.92. The number of rotatable bonds is 1. The van der Waals surface area contributed by atoms with Crippen LogP contribution in [-0.4, -0.2) is 23.7 Å². The van der Waals surface area contributed by atoms with Crippen molar-refractivity contribution in [3.63, 3.8) is 0 Å². The molecule has 0 aromatic heterocycles. The van der Waals surface area contributed by atoms with Crippen molar-refractivity contribution in [3.05, 3.63) is 0 Å². The molecule has 0 saturated heterocycles. The standard InChI is InChI=1S/C7H9F5O2/c1-5(2,3)14-4(13)6(8,9)7(10,11)12/h1-3H3. The van der Waals surface area contributed by atoms with Crippen molar-refractivity contribution in [2.75, 3.05) is 0 Å². The van der Waals surface area contributed by atoms with Gasteiger partial charge in [-0.15, -0.1) is 0 Å². The van der Waals surface area contributed by atoms with Crippen LogP contribution in [0.5, 0.6) is 0 Å². The van der Waals surface area contributed by atoms with E-state index in [0.29, 0.717) is 0 Å². The van der Waals surface area contributed by atoms with Crippen LogP contribution >= 0.6 is 0 Å². The summed E-state index contributed by atoms with van der Waals surface area (Å²) in [6.45, 7) is 3.58. The van der Waals surface area contributed by atoms with Gasteiger partial charge in [0.1, 0.15) is 5.60 Å². The van der Waals surface area contributed by atoms with Crippen LogP contribution in [0, 0.1) is 0 Å². The number of hydrogen-bond acceptors (Lipinski definition) is 2. The molecule has 7 heteroatoms. The number of alkyl halides is 5. The van der Waals surface area contributed by atoms with Crippen LogP contribution in [0.15, 0.2) is 0 Å². The summed E-state index contributed by atoms with van der Waals surface area (Å²) in [6.07, 6.45) is -5.92. The molecule has 0 spiro atoms. The average molecular weight is 220 g/mol. The largest absolute Gasteiger partial charge is 0.465 e. The maximum Gasteiger partial charge on any atom is 0.465 e. The Morgan fingerprint density at radius 2 is 1.36 bits per heavy atom. The minimum absolute atomic E-state index is 1.19. The zero-order chi connectivity index (χ0) is 11.8. The molecule has 0 unspecified atom stereocenters. The fourth-order valence-electron chi connectivity index (χ4n) is 0.458. The highest BCUT2D eigenvalue weighted by molar-refractivity contribution is 5.78. The third kappa shape index (κ3) is 3.12. The predicted octanol–water partition coefficient (Wildman–Crippen LogP) is 2.53. The first-order chi connectivity index (χ1) is 5.88. The first-order valence-corrected chi connectivity index (χ1v) is 3.56. The molecular weight excluding hydrogens is 211 g/mol. The summed E-state index contributed by atoms with van der Waals surface area (Å²) in [5.74, 6) is -8.04. The van der Waals surface area contributed by atoms with Gasteiger partial charge >= 0.3 is 18.1 Å². The monoisotopic (exact) mass is 220 g/mol. The maximum absolute atomic E-state index is 12.3. The van der Waals surface area contributed by atoms with Crippen LogP contribution in [0.1, 0.15) is 20.8 Å². The van der Waals surface area contributed by atoms with Crippen molar-refractivity contribution in [1.82, 2.24) is 0 Å². The van der Waals surface area contributed by atoms with Gasteiger partial charge < -0.3 is 4.74 Å². The molecule has 0 atom stereocenters. The van der Waals surface area contributed by atoms with Gasteiger partial charge in [0.25, 0.3) is 0 Å². The Labute approximate surface area is 77.0 Å². The number of hydrogen-bond donors (Lipinski definition) is 0. The Kier molecular flexibility index (Phi) is 3.15. The molecule has 0 rings (SSSR count). The molecule has 0 N–H and O–H groups in total. The fraction of sp³-hybridized carbons (Fsp3) is 0.857. The number of carbonyl (C=O) groups excluding carboxylic acids is 1. The first kappa shape index (κ1) is 13.1. The maximum atomic E-state index is 12.3. The van der Waals surface area contributed by atoms with Crippen molar-refractivity contribution in [2.24, 2.45) is 0 Å². The number of esters is 1. The predicted molar refractivity (Wildman–Crippen MR) is 36.8 cm³/mol. The van der Waals surface area contributed by atoms with Gasteiger partial charge in [0.2, 0.25) is 0 Å². The molecule has 2 nitrogen and oxygen atoms in total. The molecule has 84 valence electrons. The number of carbonyl (C=O) groups is 1. The summed E-state index contributed by atoms with van der Waals surface area (Å²) in [7, 11) is 0. The van der Waals surface area contributed by atoms with Gasteiger partial charge in [0.15, 0.2) is 0 Å². The molecule has 0 aliphatic heterocycles. The van der Waals surface area contributed by atoms with Crippen molar-refractivity contribution in [1.29, 1.82) is 0 Å². The van der Waals surface area contributed by atoms with Crippen molar-refractivity contribution in [2.45, 2.75) is 38.5 Å². The second-order valence-corrected chi connectivity index (χ2v) is 3.57. The van der Waals surface area contributed by atoms with Gasteiger partial charge in [-0.1, -0.05) is 0 Å². The van der Waals surface area contributed by atoms with E-state index in [2.05, 4.69) is 4.74 Å². The van der Waals surface area contributed by atoms with Gasteiger partial charge in [0.05, 0.1) is 0 Å². The van der Waals surface area contributed by atoms with E-state index in [1.165, 1.54) is 20.8 Å². The summed E-state index contributed by atoms with van der Waals surface area (Å²) in [5.41, 5.74) is -1.38. The molecule has 0 radical (unpaired) electrons. The van der Waals surface area contributed by atoms with Crippen LogP contribution in [0.2, 0.25) is 0 Å². The zero-order valence-electron chi connectivity index (χ0n) is 7.71. The van der Waals surface area contributed by atoms with Crippen LogP contribution in [0.4, 0.5) is 22.0 Å². The zero-order valence-corrected chi connectivity index (χ0v) is 7.71. The van der Waals surface area contributed by atoms with E-state index in [1.807, 2.05) is 0 Å². The van der Waals surface area contributed by atoms with E-state index in [0.717, 1.165) is 0 Å². The van der Waals surface area contributed by atoms with Gasteiger partial charge in [-0.3, -0.25) is 0 Å². The Balaban J connectivity index is 4.70. The summed E-state index contributed by atoms with van der Waals surface area (Å²) in [5, 5.41) is 0. The van der Waals surface area contributed by atoms with E-state index in [-0.39, 0.29) is 0 Å². The number of ether oxygens (including phenoxy) is 1. The third-order valence-electron chi connectivity index (χ3n) is 1.01. The van der Waals surface area contributed by atoms with Crippen LogP contribution in [0.25, 0.3) is 0 Å². The van der Waals surface area contributed by atoms with Gasteiger partial charge in [-0.25, -0.2) is 4.79 Å². The Morgan fingerprint density at radius 1 is 1.00 bits per heavy atom. The van der Waals surface area contributed by atoms with Gasteiger partial charge in [-0.2, -0.15) is 22.0 Å². The highest BCUT2D eigenvalue weighted by Gasteiger charge is 2.65. The van der Waals surface area contributed by atoms with Crippen LogP contribution in [0.3, 0.4) is 0 Å². The van der Waals surface area contributed by atoms with Crippen LogP contribution < -0.4 is 0 Å². The lowest BCUT2D eigenvalue weighted by atomic mass is 10.2. The second kappa shape index (κ2) is 3.36. The lowest BCUT2D eigenvalue weighted by molar-refractivity contribution is -0.284. The molecule has 14 heavy (non-hydrogen) atoms. The van der Waals surface area contributed by atoms with Gasteiger partial charge in [-0.05, 0) is 20.8 Å². The van der Waals surface area contributed by atoms with Crippen molar-refractivity contribution < 1.29 is 31.5 Å². The third-order valence-corrected chi connectivity index (χ3v) is 1.01. The lowest BCUT2D eigenvalue weighted by Gasteiger charge is -2.24. The number of halogens is 5. The highest BCUT2D eigenvalue weighted by atomic mass is 19.4. The van der Waals surface area contributed by atoms with E-state index in [4.69, 9.17) is 0 Å². The first-order valence-electron chi connectivity index (χ1n) is 3.56. The Hall–Kier alpha value is -0.880. The van der Waals surface area contributed by atoms with Gasteiger partial charge in [0, 0.05) is 0 Å². The molecule has 0 aliphatic carbocycles. The topological polar surface area (TPSA) is 26.3 Å². The summed E-state index contributed by atoms with van der Waals surface area (Å²) in [4.78, 5) is 10.4. The summed E-state index contributed by atoms with van der Waals surface area (Å²) in [6, 6.07) is 0. The molecule has 0 amide bonds. The molecule has 0 aromatic carbocycles. The Bertz CT molecular complexity index is 225. The molecule has 0 aliphatic rings. The van der Waals surface area contributed by atoms with Crippen molar-refractivity contribution >= 4 is 5.97 Å². The summed E-state index contributed by atoms with van der Waals surface area (Å²) >= 11 is 0.